The summed E-state index contributed by atoms with van der Waals surface area (Å²) in [5, 5.41) is 26.4. The number of halogens is 1. The normalized spacial score (nSPS) is 37.0. The number of ether oxygens (including phenoxy) is 1. The molecule has 0 unspecified atom stereocenters. The molecule has 30 heavy (non-hydrogen) atoms. The van der Waals surface area contributed by atoms with Gasteiger partial charge in [-0.3, -0.25) is 9.32 Å². The molecule has 2 rings (SSSR count). The highest BCUT2D eigenvalue weighted by molar-refractivity contribution is 7.99. The van der Waals surface area contributed by atoms with Crippen molar-refractivity contribution in [1.82, 2.24) is 10.6 Å². The highest BCUT2D eigenvalue weighted by Crippen LogP contribution is 2.43. The molecule has 0 radical (unpaired) electrons. The molecule has 176 valence electrons. The zero-order chi connectivity index (χ0) is 22.6. The molecule has 13 heteroatoms. The van der Waals surface area contributed by atoms with Gasteiger partial charge in [0.15, 0.2) is 0 Å². The SMILES string of the molecule is CCC[C@H]1CN[C@H](C(=O)N[C@@H]([C@H]2O[C@H](SC)[C@H](OP(=O)(O)O)[C@@H](O)[C@H]2O)[C@H](C)Cl)C1. The van der Waals surface area contributed by atoms with Gasteiger partial charge in [0.1, 0.15) is 29.9 Å². The van der Waals surface area contributed by atoms with Gasteiger partial charge in [0.05, 0.1) is 17.5 Å². The molecule has 0 aromatic carbocycles. The summed E-state index contributed by atoms with van der Waals surface area (Å²) in [4.78, 5) is 31.0. The maximum atomic E-state index is 12.8. The van der Waals surface area contributed by atoms with E-state index in [0.29, 0.717) is 12.3 Å². The summed E-state index contributed by atoms with van der Waals surface area (Å²) in [5.41, 5.74) is -0.991. The van der Waals surface area contributed by atoms with Crippen molar-refractivity contribution < 1.29 is 38.6 Å². The van der Waals surface area contributed by atoms with E-state index in [0.717, 1.165) is 31.1 Å². The summed E-state index contributed by atoms with van der Waals surface area (Å²) in [6.07, 6.45) is -1.42. The third kappa shape index (κ3) is 6.78. The second-order valence-corrected chi connectivity index (χ2v) is 10.6. The van der Waals surface area contributed by atoms with Crippen LogP contribution in [0.1, 0.15) is 33.1 Å². The zero-order valence-corrected chi connectivity index (χ0v) is 19.6. The lowest BCUT2D eigenvalue weighted by Gasteiger charge is -2.45. The van der Waals surface area contributed by atoms with E-state index in [9.17, 15) is 19.6 Å². The number of thioether (sulfide) groups is 1. The van der Waals surface area contributed by atoms with Gasteiger partial charge in [-0.05, 0) is 38.5 Å². The standard InChI is InChI=1S/C17H32ClN2O8PS/c1-4-5-9-6-10(19-7-9)16(23)20-11(8(2)18)14-12(21)13(22)15(17(27-14)30-3)28-29(24,25)26/h8-15,17,19,21-22H,4-7H2,1-3H3,(H,20,23)(H2,24,25,26)/t8-,9+,10-,11+,12+,13-,14+,15+,17+/m0/s1. The van der Waals surface area contributed by atoms with Crippen LogP contribution in [0.15, 0.2) is 0 Å². The molecule has 2 aliphatic heterocycles. The molecule has 2 fully saturated rings. The Morgan fingerprint density at radius 3 is 2.60 bits per heavy atom. The Hall–Kier alpha value is 0.0600. The molecule has 0 aliphatic carbocycles. The Bertz CT molecular complexity index is 625. The van der Waals surface area contributed by atoms with Crippen molar-refractivity contribution in [2.75, 3.05) is 12.8 Å². The molecule has 1 amide bonds. The maximum absolute atomic E-state index is 12.8. The van der Waals surface area contributed by atoms with Gasteiger partial charge in [0.2, 0.25) is 5.91 Å². The highest BCUT2D eigenvalue weighted by atomic mass is 35.5. The number of nitrogens with one attached hydrogen (secondary N) is 2. The number of aliphatic hydroxyl groups excluding tert-OH is 2. The summed E-state index contributed by atoms with van der Waals surface area (Å²) >= 11 is 7.34. The summed E-state index contributed by atoms with van der Waals surface area (Å²) in [7, 11) is -4.93. The summed E-state index contributed by atoms with van der Waals surface area (Å²) < 4.78 is 21.7. The van der Waals surface area contributed by atoms with Crippen molar-refractivity contribution in [2.24, 2.45) is 5.92 Å². The number of hydrogen-bond acceptors (Lipinski definition) is 8. The van der Waals surface area contributed by atoms with Crippen LogP contribution < -0.4 is 10.6 Å². The van der Waals surface area contributed by atoms with Crippen LogP contribution in [-0.2, 0) is 18.6 Å². The maximum Gasteiger partial charge on any atom is 0.470 e. The molecule has 0 saturated carbocycles. The Labute approximate surface area is 185 Å². The summed E-state index contributed by atoms with van der Waals surface area (Å²) in [6.45, 7) is 4.48. The van der Waals surface area contributed by atoms with E-state index in [1.807, 2.05) is 0 Å². The van der Waals surface area contributed by atoms with Gasteiger partial charge in [-0.15, -0.1) is 23.4 Å². The number of phosphoric ester groups is 1. The molecule has 0 aromatic heterocycles. The molecule has 0 bridgehead atoms. The molecule has 9 atom stereocenters. The topological polar surface area (TPSA) is 158 Å². The smallest absolute Gasteiger partial charge is 0.388 e. The first kappa shape index (κ1) is 26.3. The van der Waals surface area contributed by atoms with Crippen LogP contribution in [-0.4, -0.2) is 86.0 Å². The third-order valence-electron chi connectivity index (χ3n) is 5.47. The lowest BCUT2D eigenvalue weighted by Crippen LogP contribution is -2.65. The molecule has 10 nitrogen and oxygen atoms in total. The largest absolute Gasteiger partial charge is 0.470 e. The summed E-state index contributed by atoms with van der Waals surface area (Å²) in [6, 6.07) is -1.23. The fourth-order valence-electron chi connectivity index (χ4n) is 3.98. The van der Waals surface area contributed by atoms with E-state index in [1.165, 1.54) is 0 Å². The number of rotatable bonds is 9. The van der Waals surface area contributed by atoms with Gasteiger partial charge in [0.25, 0.3) is 0 Å². The Balaban J connectivity index is 2.11. The molecule has 2 aliphatic rings. The monoisotopic (exact) mass is 490 g/mol. The van der Waals surface area contributed by atoms with Crippen molar-refractivity contribution in [3.8, 4) is 0 Å². The van der Waals surface area contributed by atoms with E-state index < -0.39 is 49.1 Å². The molecule has 6 N–H and O–H groups in total. The lowest BCUT2D eigenvalue weighted by molar-refractivity contribution is -0.201. The number of phosphoric acid groups is 1. The predicted octanol–water partition coefficient (Wildman–Crippen LogP) is 0.164. The van der Waals surface area contributed by atoms with Gasteiger partial charge in [0, 0.05) is 0 Å². The second kappa shape index (κ2) is 11.3. The number of carbonyl (C=O) groups excluding carboxylic acids is 1. The molecular formula is C17H32ClN2O8PS. The van der Waals surface area contributed by atoms with Gasteiger partial charge in [-0.25, -0.2) is 4.57 Å². The molecule has 2 saturated heterocycles. The van der Waals surface area contributed by atoms with Crippen LogP contribution in [0.25, 0.3) is 0 Å². The van der Waals surface area contributed by atoms with Crippen LogP contribution in [0.2, 0.25) is 0 Å². The van der Waals surface area contributed by atoms with Gasteiger partial charge < -0.3 is 35.4 Å². The van der Waals surface area contributed by atoms with Gasteiger partial charge in [-0.1, -0.05) is 13.3 Å². The number of aliphatic hydroxyl groups is 2. The first-order chi connectivity index (χ1) is 14.0. The third-order valence-corrected chi connectivity index (χ3v) is 7.10. The lowest BCUT2D eigenvalue weighted by atomic mass is 9.92. The van der Waals surface area contributed by atoms with E-state index >= 15 is 0 Å². The highest BCUT2D eigenvalue weighted by Gasteiger charge is 2.51. The van der Waals surface area contributed by atoms with E-state index in [1.54, 1.807) is 13.2 Å². The first-order valence-corrected chi connectivity index (χ1v) is 13.2. The van der Waals surface area contributed by atoms with Gasteiger partial charge >= 0.3 is 7.82 Å². The Kier molecular flexibility index (Phi) is 9.88. The second-order valence-electron chi connectivity index (χ2n) is 7.81. The van der Waals surface area contributed by atoms with Crippen LogP contribution >= 0.6 is 31.2 Å². The van der Waals surface area contributed by atoms with Crippen molar-refractivity contribution >= 4 is 37.1 Å². The van der Waals surface area contributed by atoms with Crippen molar-refractivity contribution in [3.63, 3.8) is 0 Å². The molecule has 0 spiro atoms. The number of hydrogen-bond donors (Lipinski definition) is 6. The Morgan fingerprint density at radius 1 is 1.40 bits per heavy atom. The average molecular weight is 491 g/mol. The molecular weight excluding hydrogens is 459 g/mol. The van der Waals surface area contributed by atoms with E-state index in [2.05, 4.69) is 22.1 Å². The van der Waals surface area contributed by atoms with Crippen molar-refractivity contribution in [3.05, 3.63) is 0 Å². The minimum atomic E-state index is -4.93. The number of carbonyl (C=O) groups is 1. The van der Waals surface area contributed by atoms with E-state index in [4.69, 9.17) is 26.1 Å². The first-order valence-electron chi connectivity index (χ1n) is 9.94. The van der Waals surface area contributed by atoms with Crippen LogP contribution in [0, 0.1) is 5.92 Å². The van der Waals surface area contributed by atoms with Gasteiger partial charge in [-0.2, -0.15) is 0 Å². The zero-order valence-electron chi connectivity index (χ0n) is 17.2. The van der Waals surface area contributed by atoms with E-state index in [-0.39, 0.29) is 11.9 Å². The average Bonchev–Trinajstić information content (AvgIpc) is 3.12. The number of alkyl halides is 1. The minimum Gasteiger partial charge on any atom is -0.388 e. The predicted molar refractivity (Wildman–Crippen MR) is 113 cm³/mol. The van der Waals surface area contributed by atoms with Crippen LogP contribution in [0.5, 0.6) is 0 Å². The van der Waals surface area contributed by atoms with Crippen molar-refractivity contribution in [1.29, 1.82) is 0 Å². The fourth-order valence-corrected chi connectivity index (χ4v) is 5.55. The minimum absolute atomic E-state index is 0.273. The number of amides is 1. The van der Waals surface area contributed by atoms with Crippen LogP contribution in [0.4, 0.5) is 0 Å². The van der Waals surface area contributed by atoms with Crippen molar-refractivity contribution in [2.45, 2.75) is 80.4 Å². The molecule has 0 aromatic rings. The molecule has 2 heterocycles. The quantitative estimate of drug-likeness (QED) is 0.194. The Morgan fingerprint density at radius 2 is 2.07 bits per heavy atom. The van der Waals surface area contributed by atoms with Crippen LogP contribution in [0.3, 0.4) is 0 Å². The fraction of sp³-hybridized carbons (Fsp3) is 0.941. The summed E-state index contributed by atoms with van der Waals surface area (Å²) in [5.74, 6) is 0.146.